The van der Waals surface area contributed by atoms with Crippen LogP contribution in [0.2, 0.25) is 0 Å². The molecule has 0 fully saturated rings. The van der Waals surface area contributed by atoms with Crippen molar-refractivity contribution in [2.75, 3.05) is 6.00 Å². The molecule has 0 aliphatic heterocycles. The Kier molecular flexibility index (Phi) is 3.56. The zero-order valence-corrected chi connectivity index (χ0v) is 5.27. The maximum Gasteiger partial charge on any atom is 0.320 e. The zero-order valence-electron chi connectivity index (χ0n) is 4.52. The van der Waals surface area contributed by atoms with Crippen LogP contribution in [-0.4, -0.2) is 23.1 Å². The molecule has 0 aliphatic carbocycles. The van der Waals surface area contributed by atoms with Gasteiger partial charge in [-0.3, -0.25) is 10.1 Å². The van der Waals surface area contributed by atoms with Gasteiger partial charge in [0, 0.05) is 0 Å². The minimum atomic E-state index is -0.884. The molecule has 48 valence electrons. The molecule has 0 bridgehead atoms. The number of alkyl halides is 1. The first-order valence-electron chi connectivity index (χ1n) is 2.20. The van der Waals surface area contributed by atoms with Gasteiger partial charge < -0.3 is 5.11 Å². The van der Waals surface area contributed by atoms with Crippen LogP contribution in [0.1, 0.15) is 6.92 Å². The lowest BCUT2D eigenvalue weighted by Crippen LogP contribution is -2.32. The SMILES string of the molecule is CC(NCCl)C(=O)O. The van der Waals surface area contributed by atoms with Gasteiger partial charge in [-0.1, -0.05) is 0 Å². The molecule has 4 heteroatoms. The van der Waals surface area contributed by atoms with Crippen LogP contribution < -0.4 is 5.32 Å². The Hall–Kier alpha value is -0.280. The molecule has 0 rings (SSSR count). The van der Waals surface area contributed by atoms with Crippen LogP contribution in [0.5, 0.6) is 0 Å². The molecular weight excluding hydrogens is 130 g/mol. The summed E-state index contributed by atoms with van der Waals surface area (Å²) >= 11 is 5.17. The Morgan fingerprint density at radius 2 is 2.50 bits per heavy atom. The summed E-state index contributed by atoms with van der Waals surface area (Å²) in [6.45, 7) is 1.53. The number of nitrogens with one attached hydrogen (secondary N) is 1. The summed E-state index contributed by atoms with van der Waals surface area (Å²) in [7, 11) is 0. The summed E-state index contributed by atoms with van der Waals surface area (Å²) in [4.78, 5) is 9.97. The van der Waals surface area contributed by atoms with Crippen molar-refractivity contribution >= 4 is 17.6 Å². The first-order chi connectivity index (χ1) is 3.68. The Balaban J connectivity index is 3.32. The molecule has 0 saturated heterocycles. The van der Waals surface area contributed by atoms with Crippen molar-refractivity contribution in [1.82, 2.24) is 5.32 Å². The van der Waals surface area contributed by atoms with Crippen molar-refractivity contribution in [3.8, 4) is 0 Å². The largest absolute Gasteiger partial charge is 0.480 e. The number of carboxylic acids is 1. The first kappa shape index (κ1) is 7.72. The second-order valence-corrected chi connectivity index (χ2v) is 1.66. The van der Waals surface area contributed by atoms with Gasteiger partial charge in [-0.25, -0.2) is 0 Å². The quantitative estimate of drug-likeness (QED) is 0.433. The van der Waals surface area contributed by atoms with E-state index in [2.05, 4.69) is 5.32 Å². The number of carbonyl (C=O) groups is 1. The summed E-state index contributed by atoms with van der Waals surface area (Å²) < 4.78 is 0. The van der Waals surface area contributed by atoms with Crippen LogP contribution in [0, 0.1) is 0 Å². The molecule has 1 atom stereocenters. The van der Waals surface area contributed by atoms with Gasteiger partial charge in [0.25, 0.3) is 0 Å². The fourth-order valence-corrected chi connectivity index (χ4v) is 0.434. The third-order valence-corrected chi connectivity index (χ3v) is 0.908. The Bertz CT molecular complexity index is 86.1. The van der Waals surface area contributed by atoms with Crippen molar-refractivity contribution in [2.24, 2.45) is 0 Å². The van der Waals surface area contributed by atoms with Gasteiger partial charge >= 0.3 is 5.97 Å². The highest BCUT2D eigenvalue weighted by Gasteiger charge is 2.06. The summed E-state index contributed by atoms with van der Waals surface area (Å²) in [6, 6.07) is -0.375. The van der Waals surface area contributed by atoms with Crippen LogP contribution >= 0.6 is 11.6 Å². The molecule has 2 N–H and O–H groups in total. The van der Waals surface area contributed by atoms with Gasteiger partial charge in [-0.2, -0.15) is 0 Å². The summed E-state index contributed by atoms with van der Waals surface area (Å²) in [6.07, 6.45) is 0. The zero-order chi connectivity index (χ0) is 6.57. The van der Waals surface area contributed by atoms with E-state index in [1.807, 2.05) is 0 Å². The third kappa shape index (κ3) is 2.82. The average molecular weight is 138 g/mol. The molecule has 3 nitrogen and oxygen atoms in total. The van der Waals surface area contributed by atoms with E-state index in [9.17, 15) is 4.79 Å². The van der Waals surface area contributed by atoms with Gasteiger partial charge in [0.2, 0.25) is 0 Å². The number of aliphatic carboxylic acids is 1. The van der Waals surface area contributed by atoms with E-state index < -0.39 is 12.0 Å². The number of hydrogen-bond donors (Lipinski definition) is 2. The number of halogens is 1. The lowest BCUT2D eigenvalue weighted by molar-refractivity contribution is -0.138. The van der Waals surface area contributed by atoms with E-state index >= 15 is 0 Å². The van der Waals surface area contributed by atoms with Gasteiger partial charge in [-0.05, 0) is 6.92 Å². The maximum atomic E-state index is 9.97. The van der Waals surface area contributed by atoms with Crippen molar-refractivity contribution in [1.29, 1.82) is 0 Å². The predicted molar refractivity (Wildman–Crippen MR) is 31.0 cm³/mol. The van der Waals surface area contributed by atoms with E-state index in [1.54, 1.807) is 0 Å². The number of carboxylic acid groups (broad SMARTS) is 1. The molecule has 0 aromatic rings. The van der Waals surface area contributed by atoms with Crippen LogP contribution in [0.3, 0.4) is 0 Å². The molecule has 0 spiro atoms. The van der Waals surface area contributed by atoms with Gasteiger partial charge in [0.1, 0.15) is 6.04 Å². The minimum Gasteiger partial charge on any atom is -0.480 e. The number of rotatable bonds is 3. The topological polar surface area (TPSA) is 49.3 Å². The molecule has 0 aliphatic rings. The van der Waals surface area contributed by atoms with E-state index in [1.165, 1.54) is 6.92 Å². The monoisotopic (exact) mass is 137 g/mol. The fraction of sp³-hybridized carbons (Fsp3) is 0.750. The highest BCUT2D eigenvalue weighted by atomic mass is 35.5. The number of hydrogen-bond acceptors (Lipinski definition) is 2. The van der Waals surface area contributed by atoms with Crippen LogP contribution in [0.15, 0.2) is 0 Å². The molecular formula is C4H8ClNO2. The molecule has 0 heterocycles. The molecule has 8 heavy (non-hydrogen) atoms. The summed E-state index contributed by atoms with van der Waals surface area (Å²) in [5, 5.41) is 10.7. The smallest absolute Gasteiger partial charge is 0.320 e. The molecule has 0 aromatic carbocycles. The maximum absolute atomic E-state index is 9.97. The van der Waals surface area contributed by atoms with Crippen LogP contribution in [0.25, 0.3) is 0 Å². The Morgan fingerprint density at radius 3 is 2.62 bits per heavy atom. The summed E-state index contributed by atoms with van der Waals surface area (Å²) in [5.41, 5.74) is 0. The van der Waals surface area contributed by atoms with Crippen molar-refractivity contribution in [3.05, 3.63) is 0 Å². The second kappa shape index (κ2) is 3.69. The lowest BCUT2D eigenvalue weighted by Gasteiger charge is -2.02. The van der Waals surface area contributed by atoms with Crippen molar-refractivity contribution in [3.63, 3.8) is 0 Å². The minimum absolute atomic E-state index is 0.174. The first-order valence-corrected chi connectivity index (χ1v) is 2.74. The van der Waals surface area contributed by atoms with E-state index in [0.29, 0.717) is 0 Å². The lowest BCUT2D eigenvalue weighted by atomic mass is 10.4. The predicted octanol–water partition coefficient (Wildman–Crippen LogP) is 0.245. The molecule has 0 radical (unpaired) electrons. The van der Waals surface area contributed by atoms with Crippen LogP contribution in [-0.2, 0) is 4.79 Å². The normalized spacial score (nSPS) is 13.2. The van der Waals surface area contributed by atoms with Crippen molar-refractivity contribution in [2.45, 2.75) is 13.0 Å². The van der Waals surface area contributed by atoms with E-state index in [4.69, 9.17) is 16.7 Å². The van der Waals surface area contributed by atoms with Crippen molar-refractivity contribution < 1.29 is 9.90 Å². The highest BCUT2D eigenvalue weighted by Crippen LogP contribution is 1.79. The molecule has 0 amide bonds. The third-order valence-electron chi connectivity index (χ3n) is 0.754. The van der Waals surface area contributed by atoms with Gasteiger partial charge in [0.05, 0.1) is 6.00 Å². The summed E-state index contributed by atoms with van der Waals surface area (Å²) in [5.74, 6) is -0.884. The Morgan fingerprint density at radius 1 is 2.00 bits per heavy atom. The van der Waals surface area contributed by atoms with Gasteiger partial charge in [0.15, 0.2) is 0 Å². The fourth-order valence-electron chi connectivity index (χ4n) is 0.203. The van der Waals surface area contributed by atoms with E-state index in [0.717, 1.165) is 0 Å². The van der Waals surface area contributed by atoms with E-state index in [-0.39, 0.29) is 6.00 Å². The molecule has 0 aromatic heterocycles. The van der Waals surface area contributed by atoms with Gasteiger partial charge in [-0.15, -0.1) is 11.6 Å². The Labute approximate surface area is 52.6 Å². The highest BCUT2D eigenvalue weighted by molar-refractivity contribution is 6.17. The van der Waals surface area contributed by atoms with Crippen LogP contribution in [0.4, 0.5) is 0 Å². The standard InChI is InChI=1S/C4H8ClNO2/c1-3(4(7)8)6-2-5/h3,6H,2H2,1H3,(H,7,8). The average Bonchev–Trinajstić information content (AvgIpc) is 1.67. The molecule has 0 saturated carbocycles. The molecule has 1 unspecified atom stereocenters. The second-order valence-electron chi connectivity index (χ2n) is 1.40.